The third kappa shape index (κ3) is 12.5. The highest BCUT2D eigenvalue weighted by atomic mass is 32.1. The van der Waals surface area contributed by atoms with Crippen molar-refractivity contribution < 1.29 is 33.4 Å². The number of nitrogens with zero attached hydrogens (tertiary/aromatic N) is 2. The fourth-order valence-corrected chi connectivity index (χ4v) is 6.85. The summed E-state index contributed by atoms with van der Waals surface area (Å²) in [4.78, 5) is 70.3. The molecule has 0 spiro atoms. The lowest BCUT2D eigenvalue weighted by atomic mass is 9.86. The zero-order chi connectivity index (χ0) is 35.3. The Morgan fingerprint density at radius 3 is 2.23 bits per heavy atom. The molecule has 12 nitrogen and oxygen atoms in total. The second-order valence-corrected chi connectivity index (χ2v) is 14.3. The minimum Gasteiger partial charge on any atom is -0.469 e. The summed E-state index contributed by atoms with van der Waals surface area (Å²) in [6.45, 7) is 11.9. The predicted octanol–water partition coefficient (Wildman–Crippen LogP) is 4.25. The maximum absolute atomic E-state index is 13.9. The maximum Gasteiger partial charge on any atom is 0.308 e. The number of unbranched alkanes of at least 4 members (excludes halogenated alkanes) is 1. The van der Waals surface area contributed by atoms with E-state index in [0.29, 0.717) is 30.7 Å². The van der Waals surface area contributed by atoms with Crippen LogP contribution in [0.4, 0.5) is 0 Å². The first-order valence-corrected chi connectivity index (χ1v) is 17.8. The minimum atomic E-state index is -0.776. The summed E-state index contributed by atoms with van der Waals surface area (Å²) in [7, 11) is 5.01. The maximum atomic E-state index is 13.9. The van der Waals surface area contributed by atoms with Crippen LogP contribution in [0.15, 0.2) is 5.38 Å². The van der Waals surface area contributed by atoms with Gasteiger partial charge in [-0.2, -0.15) is 0 Å². The van der Waals surface area contributed by atoms with Gasteiger partial charge in [0.05, 0.1) is 13.0 Å². The fraction of sp³-hybridized carbons (Fsp3) is 0.765. The lowest BCUT2D eigenvalue weighted by Gasteiger charge is -2.36. The number of likely N-dealkylation sites (N-methyl/N-ethyl adjacent to an activating group) is 1. The fourth-order valence-electron chi connectivity index (χ4n) is 6.01. The van der Waals surface area contributed by atoms with Crippen LogP contribution in [0.3, 0.4) is 0 Å². The van der Waals surface area contributed by atoms with Gasteiger partial charge in [-0.05, 0) is 64.0 Å². The van der Waals surface area contributed by atoms with E-state index in [9.17, 15) is 24.0 Å². The number of thiazole rings is 1. The summed E-state index contributed by atoms with van der Waals surface area (Å²) in [6, 6.07) is -1.13. The average molecular weight is 680 g/mol. The molecular formula is C34H57N5O7S. The quantitative estimate of drug-likeness (QED) is 0.153. The Kier molecular flexibility index (Phi) is 16.8. The molecule has 0 aliphatic heterocycles. The number of aromatic nitrogens is 1. The molecule has 0 aromatic carbocycles. The van der Waals surface area contributed by atoms with Gasteiger partial charge < -0.3 is 30.3 Å². The Labute approximate surface area is 284 Å². The van der Waals surface area contributed by atoms with Gasteiger partial charge in [0.15, 0.2) is 6.10 Å². The first-order chi connectivity index (χ1) is 22.2. The minimum absolute atomic E-state index is 0.0144. The number of carbonyl (C=O) groups excluding carboxylic acids is 5. The summed E-state index contributed by atoms with van der Waals surface area (Å²) in [6.07, 6.45) is 4.77. The molecular weight excluding hydrogens is 622 g/mol. The molecule has 1 saturated carbocycles. The number of carbonyl (C=O) groups is 5. The zero-order valence-electron chi connectivity index (χ0n) is 29.7. The van der Waals surface area contributed by atoms with Crippen molar-refractivity contribution in [2.75, 3.05) is 27.7 Å². The topological polar surface area (TPSA) is 156 Å². The van der Waals surface area contributed by atoms with E-state index in [4.69, 9.17) is 9.47 Å². The third-order valence-corrected chi connectivity index (χ3v) is 9.93. The van der Waals surface area contributed by atoms with E-state index in [1.165, 1.54) is 25.4 Å². The molecule has 0 unspecified atom stereocenters. The van der Waals surface area contributed by atoms with Crippen molar-refractivity contribution >= 4 is 41.0 Å². The van der Waals surface area contributed by atoms with E-state index in [-0.39, 0.29) is 71.6 Å². The molecule has 0 saturated heterocycles. The Morgan fingerprint density at radius 1 is 1.02 bits per heavy atom. The number of amides is 3. The monoisotopic (exact) mass is 679 g/mol. The molecule has 0 bridgehead atoms. The molecule has 13 heteroatoms. The van der Waals surface area contributed by atoms with E-state index >= 15 is 0 Å². The highest BCUT2D eigenvalue weighted by molar-refractivity contribution is 7.09. The van der Waals surface area contributed by atoms with Crippen molar-refractivity contribution in [2.45, 2.75) is 117 Å². The molecule has 3 N–H and O–H groups in total. The Morgan fingerprint density at radius 2 is 1.68 bits per heavy atom. The van der Waals surface area contributed by atoms with Gasteiger partial charge in [-0.15, -0.1) is 11.3 Å². The number of rotatable bonds is 18. The van der Waals surface area contributed by atoms with Crippen molar-refractivity contribution in [2.24, 2.45) is 23.7 Å². The Bertz CT molecular complexity index is 1180. The van der Waals surface area contributed by atoms with Crippen LogP contribution in [0.5, 0.6) is 0 Å². The molecule has 47 heavy (non-hydrogen) atoms. The van der Waals surface area contributed by atoms with E-state index in [1.807, 2.05) is 41.7 Å². The van der Waals surface area contributed by atoms with Crippen LogP contribution in [0.2, 0.25) is 0 Å². The molecule has 4 atom stereocenters. The van der Waals surface area contributed by atoms with Gasteiger partial charge in [-0.3, -0.25) is 24.0 Å². The number of ether oxygens (including phenoxy) is 2. The number of methoxy groups -OCH3 is 1. The standard InChI is InChI=1S/C34H57N5O7S/c1-20(2)27(39(8)33(43)29(21(3)4)38-30(41)22(5)12-10-11-17-35-7)18-28(46-23(6)40)32-37-26(19-47-32)31(42)36-25-15-13-24(14-16-25)34(44)45-9/h19-22,24-25,27-29,35H,10-18H2,1-9H3,(H,36,42)(H,38,41)/t22-,24?,25?,27-,28-,29+/m1/s1. The zero-order valence-corrected chi connectivity index (χ0v) is 30.5. The highest BCUT2D eigenvalue weighted by Crippen LogP contribution is 2.31. The SMILES string of the molecule is CNCCCC[C@@H](C)C(=O)N[C@H](C(=O)N(C)[C@H](C[C@@H](OC(C)=O)c1nc(C(=O)NC2CCC(C(=O)OC)CC2)cs1)C(C)C)C(C)C. The summed E-state index contributed by atoms with van der Waals surface area (Å²) in [5, 5.41) is 11.2. The number of hydrogen-bond acceptors (Lipinski definition) is 10. The summed E-state index contributed by atoms with van der Waals surface area (Å²) in [5.41, 5.74) is 0.227. The normalized spacial score (nSPS) is 19.0. The largest absolute Gasteiger partial charge is 0.469 e. The summed E-state index contributed by atoms with van der Waals surface area (Å²) >= 11 is 1.23. The molecule has 1 aliphatic rings. The third-order valence-electron chi connectivity index (χ3n) is 9.00. The van der Waals surface area contributed by atoms with Gasteiger partial charge in [-0.25, -0.2) is 4.98 Å². The van der Waals surface area contributed by atoms with Crippen LogP contribution in [0.25, 0.3) is 0 Å². The van der Waals surface area contributed by atoms with Gasteiger partial charge in [-0.1, -0.05) is 41.0 Å². The van der Waals surface area contributed by atoms with Crippen molar-refractivity contribution in [3.05, 3.63) is 16.1 Å². The molecule has 1 aliphatic carbocycles. The smallest absolute Gasteiger partial charge is 0.308 e. The van der Waals surface area contributed by atoms with E-state index < -0.39 is 18.1 Å². The predicted molar refractivity (Wildman–Crippen MR) is 182 cm³/mol. The van der Waals surface area contributed by atoms with Crippen LogP contribution in [-0.2, 0) is 28.7 Å². The van der Waals surface area contributed by atoms with Crippen LogP contribution < -0.4 is 16.0 Å². The van der Waals surface area contributed by atoms with Crippen LogP contribution >= 0.6 is 11.3 Å². The molecule has 266 valence electrons. The molecule has 1 heterocycles. The molecule has 0 radical (unpaired) electrons. The van der Waals surface area contributed by atoms with Gasteiger partial charge in [0.25, 0.3) is 5.91 Å². The molecule has 1 aromatic rings. The number of nitrogens with one attached hydrogen (secondary N) is 3. The molecule has 1 fully saturated rings. The van der Waals surface area contributed by atoms with Gasteiger partial charge in [0, 0.05) is 43.8 Å². The summed E-state index contributed by atoms with van der Waals surface area (Å²) < 4.78 is 10.6. The Hall–Kier alpha value is -3.06. The van der Waals surface area contributed by atoms with Crippen molar-refractivity contribution in [3.8, 4) is 0 Å². The number of hydrogen-bond donors (Lipinski definition) is 3. The molecule has 3 amide bonds. The lowest BCUT2D eigenvalue weighted by molar-refractivity contribution is -0.149. The van der Waals surface area contributed by atoms with Gasteiger partial charge >= 0.3 is 11.9 Å². The Balaban J connectivity index is 2.14. The van der Waals surface area contributed by atoms with Crippen molar-refractivity contribution in [1.82, 2.24) is 25.8 Å². The lowest BCUT2D eigenvalue weighted by Crippen LogP contribution is -2.54. The average Bonchev–Trinajstić information content (AvgIpc) is 3.53. The van der Waals surface area contributed by atoms with E-state index in [1.54, 1.807) is 17.3 Å². The number of esters is 2. The first kappa shape index (κ1) is 40.1. The van der Waals surface area contributed by atoms with Gasteiger partial charge in [0.2, 0.25) is 11.8 Å². The van der Waals surface area contributed by atoms with E-state index in [2.05, 4.69) is 20.9 Å². The van der Waals surface area contributed by atoms with Crippen molar-refractivity contribution in [1.29, 1.82) is 0 Å². The highest BCUT2D eigenvalue weighted by Gasteiger charge is 2.36. The molecule has 1 aromatic heterocycles. The second-order valence-electron chi connectivity index (χ2n) is 13.4. The van der Waals surface area contributed by atoms with Crippen LogP contribution in [0.1, 0.15) is 115 Å². The van der Waals surface area contributed by atoms with Crippen molar-refractivity contribution in [3.63, 3.8) is 0 Å². The van der Waals surface area contributed by atoms with E-state index in [0.717, 1.165) is 25.8 Å². The second kappa shape index (κ2) is 19.7. The first-order valence-electron chi connectivity index (χ1n) is 16.9. The van der Waals surface area contributed by atoms with Crippen LogP contribution in [0, 0.1) is 23.7 Å². The van der Waals surface area contributed by atoms with Gasteiger partial charge in [0.1, 0.15) is 16.7 Å². The summed E-state index contributed by atoms with van der Waals surface area (Å²) in [5.74, 6) is -1.90. The molecule has 2 rings (SSSR count). The van der Waals surface area contributed by atoms with Crippen LogP contribution in [-0.4, -0.2) is 85.4 Å².